The fraction of sp³-hybridized carbons (Fsp3) is 0.540. The van der Waals surface area contributed by atoms with Crippen molar-refractivity contribution in [3.8, 4) is 33.3 Å². The van der Waals surface area contributed by atoms with E-state index >= 15 is 0 Å². The molecule has 436 valence electrons. The van der Waals surface area contributed by atoms with Gasteiger partial charge in [0, 0.05) is 112 Å². The van der Waals surface area contributed by atoms with Crippen LogP contribution < -0.4 is 30.5 Å². The third kappa shape index (κ3) is 11.3. The number of aromatic amines is 1. The van der Waals surface area contributed by atoms with E-state index in [1.165, 1.54) is 0 Å². The van der Waals surface area contributed by atoms with E-state index in [1.54, 1.807) is 22.3 Å². The van der Waals surface area contributed by atoms with Crippen LogP contribution in [0.3, 0.4) is 0 Å². The van der Waals surface area contributed by atoms with Gasteiger partial charge in [0.2, 0.25) is 17.7 Å². The number of phenolic OH excluding ortho intramolecular Hbond substituents is 1. The summed E-state index contributed by atoms with van der Waals surface area (Å²) in [5.74, 6) is 1.93. The molecule has 0 spiro atoms. The molecule has 19 heteroatoms. The van der Waals surface area contributed by atoms with Crippen molar-refractivity contribution >= 4 is 46.2 Å². The fourth-order valence-electron chi connectivity index (χ4n) is 14.2. The second-order valence-electron chi connectivity index (χ2n) is 24.9. The number of hydrogen-bond acceptors (Lipinski definition) is 16. The first kappa shape index (κ1) is 55.8. The Morgan fingerprint density at radius 1 is 0.854 bits per heavy atom. The largest absolute Gasteiger partial charge is 0.507 e. The standard InChI is InChI=1S/C63H81N11O7S/c1-37(2)58(62(78)73-35-46(75)28-53(73)61(77)67-38(3)40-11-13-41(14-12-40)59-39(4)66-36-82-59)55-32-56(69-81-55)70-23-18-42(19-24-70)63(5,6)72-25-20-47(21-26-72)79-48-29-49(30-48)80-57-27-43(17-22-65-57)74-44-15-16-45(74)34-71(33-44)52-31-51(68-60(52)64)50-9-7-8-10-54(50)76/h7-14,17,22,27,31-32,36-38,42,44-49,53,58,68,75-76H,15-16,18-21,23-26,28-30,33-35,64H2,1-6H3,(H,67,77)/t38-,44?,45?,46+,48-,49-,53-,58?/m0/s1. The van der Waals surface area contributed by atoms with E-state index in [1.807, 2.05) is 87.9 Å². The number of ether oxygens (including phenoxy) is 2. The number of anilines is 4. The van der Waals surface area contributed by atoms with Crippen LogP contribution in [0.5, 0.6) is 11.6 Å². The number of fused-ring (bicyclic) bond motifs is 2. The molecule has 6 N–H and O–H groups in total. The van der Waals surface area contributed by atoms with Gasteiger partial charge in [-0.15, -0.1) is 11.3 Å². The van der Waals surface area contributed by atoms with Gasteiger partial charge >= 0.3 is 0 Å². The molecule has 2 bridgehead atoms. The number of piperidine rings is 2. The molecular weight excluding hydrogens is 1050 g/mol. The minimum absolute atomic E-state index is 0.0205. The summed E-state index contributed by atoms with van der Waals surface area (Å²) in [6.45, 7) is 18.2. The van der Waals surface area contributed by atoms with Crippen LogP contribution in [0, 0.1) is 18.8 Å². The number of aliphatic hydroxyl groups is 1. The predicted molar refractivity (Wildman–Crippen MR) is 319 cm³/mol. The Hall–Kier alpha value is -6.67. The molecule has 6 aliphatic rings. The molecule has 6 fully saturated rings. The lowest BCUT2D eigenvalue weighted by Crippen LogP contribution is -2.56. The van der Waals surface area contributed by atoms with Crippen LogP contribution in [0.1, 0.15) is 121 Å². The number of aromatic hydroxyl groups is 1. The number of piperazine rings is 1. The number of carbonyl (C=O) groups excluding carboxylic acids is 2. The Labute approximate surface area is 485 Å². The van der Waals surface area contributed by atoms with Gasteiger partial charge in [-0.3, -0.25) is 14.5 Å². The van der Waals surface area contributed by atoms with Gasteiger partial charge in [-0.2, -0.15) is 0 Å². The number of benzene rings is 2. The number of rotatable bonds is 17. The molecule has 1 aliphatic carbocycles. The number of pyridine rings is 1. The van der Waals surface area contributed by atoms with Crippen molar-refractivity contribution in [1.29, 1.82) is 0 Å². The highest BCUT2D eigenvalue weighted by atomic mass is 32.1. The number of para-hydroxylation sites is 1. The van der Waals surface area contributed by atoms with E-state index in [0.29, 0.717) is 35.5 Å². The van der Waals surface area contributed by atoms with Crippen molar-refractivity contribution < 1.29 is 33.8 Å². The van der Waals surface area contributed by atoms with Gasteiger partial charge in [-0.1, -0.05) is 55.4 Å². The summed E-state index contributed by atoms with van der Waals surface area (Å²) in [5.41, 5.74) is 15.1. The lowest BCUT2D eigenvalue weighted by atomic mass is 9.78. The number of thiazole rings is 1. The Bertz CT molecular complexity index is 3180. The first-order valence-corrected chi connectivity index (χ1v) is 30.8. The molecular formula is C63H81N11O7S. The lowest BCUT2D eigenvalue weighted by Gasteiger charge is -2.50. The van der Waals surface area contributed by atoms with E-state index in [-0.39, 0.29) is 66.3 Å². The molecule has 82 heavy (non-hydrogen) atoms. The van der Waals surface area contributed by atoms with Gasteiger partial charge in [0.15, 0.2) is 11.6 Å². The van der Waals surface area contributed by atoms with Crippen molar-refractivity contribution in [2.24, 2.45) is 11.8 Å². The van der Waals surface area contributed by atoms with E-state index < -0.39 is 18.1 Å². The number of carbonyl (C=O) groups is 2. The Kier molecular flexibility index (Phi) is 15.8. The summed E-state index contributed by atoms with van der Waals surface area (Å²) in [7, 11) is 0. The molecule has 5 aliphatic heterocycles. The molecule has 6 atom stereocenters. The third-order valence-electron chi connectivity index (χ3n) is 19.1. The van der Waals surface area contributed by atoms with E-state index in [0.717, 1.165) is 141 Å². The van der Waals surface area contributed by atoms with Crippen LogP contribution in [-0.2, 0) is 14.3 Å². The zero-order chi connectivity index (χ0) is 57.0. The summed E-state index contributed by atoms with van der Waals surface area (Å²) in [4.78, 5) is 53.2. The number of nitrogens with zero attached hydrogens (tertiary/aromatic N) is 8. The summed E-state index contributed by atoms with van der Waals surface area (Å²) in [5, 5.41) is 28.9. The van der Waals surface area contributed by atoms with Gasteiger partial charge in [0.25, 0.3) is 0 Å². The second kappa shape index (κ2) is 23.2. The highest BCUT2D eigenvalue weighted by Gasteiger charge is 2.46. The van der Waals surface area contributed by atoms with Crippen molar-refractivity contribution in [2.75, 3.05) is 66.2 Å². The van der Waals surface area contributed by atoms with Crippen molar-refractivity contribution in [3.05, 3.63) is 102 Å². The number of hydrogen-bond donors (Lipinski definition) is 5. The average Bonchev–Trinajstić information content (AvgIpc) is 4.25. The number of nitrogens with two attached hydrogens (primary N) is 1. The smallest absolute Gasteiger partial charge is 0.243 e. The highest BCUT2D eigenvalue weighted by Crippen LogP contribution is 2.43. The van der Waals surface area contributed by atoms with Gasteiger partial charge in [-0.05, 0) is 113 Å². The molecule has 6 aromatic rings. The number of β-amino-alcohol motifs (C(OH)–C–C–N with tert-alkyl or cyclic N) is 1. The maximum Gasteiger partial charge on any atom is 0.243 e. The van der Waals surface area contributed by atoms with Gasteiger partial charge < -0.3 is 59.8 Å². The number of aromatic nitrogens is 4. The normalized spacial score (nSPS) is 24.5. The molecule has 18 nitrogen and oxygen atoms in total. The minimum Gasteiger partial charge on any atom is -0.507 e. The highest BCUT2D eigenvalue weighted by molar-refractivity contribution is 7.13. The molecule has 3 unspecified atom stereocenters. The first-order chi connectivity index (χ1) is 39.5. The summed E-state index contributed by atoms with van der Waals surface area (Å²) >= 11 is 1.60. The summed E-state index contributed by atoms with van der Waals surface area (Å²) in [6.07, 6.45) is 9.79. The number of nitrogen functional groups attached to an aromatic ring is 1. The Morgan fingerprint density at radius 2 is 1.59 bits per heavy atom. The molecule has 2 amide bonds. The van der Waals surface area contributed by atoms with Gasteiger partial charge in [0.05, 0.1) is 51.8 Å². The Morgan fingerprint density at radius 3 is 2.28 bits per heavy atom. The average molecular weight is 1140 g/mol. The number of aliphatic hydroxyl groups excluding tert-OH is 1. The summed E-state index contributed by atoms with van der Waals surface area (Å²) in [6, 6.07) is 23.2. The summed E-state index contributed by atoms with van der Waals surface area (Å²) < 4.78 is 19.2. The molecule has 1 saturated carbocycles. The number of aryl methyl sites for hydroxylation is 1. The first-order valence-electron chi connectivity index (χ1n) is 29.9. The number of amides is 2. The van der Waals surface area contributed by atoms with Crippen molar-refractivity contribution in [1.82, 2.24) is 35.2 Å². The number of likely N-dealkylation sites (tertiary alicyclic amines) is 2. The fourth-order valence-corrected chi connectivity index (χ4v) is 15.0. The second-order valence-corrected chi connectivity index (χ2v) is 25.8. The SMILES string of the molecule is Cc1ncsc1-c1ccc([C@H](C)NC(=O)[C@@H]2C[C@@H](O)CN2C(=O)C(c2cc(N3CCC(C(C)(C)N4CCC(O[C@H]5C[C@H](Oc6cc(N7C8CCC7CN(c7cc(-c9ccccc9O)[nH]c7N)C8)ccn6)C5)CC4)CC3)no2)C(C)C)cc1. The van der Waals surface area contributed by atoms with Crippen molar-refractivity contribution in [2.45, 2.75) is 159 Å². The minimum atomic E-state index is -0.806. The topological polar surface area (TPSA) is 215 Å². The molecule has 12 rings (SSSR count). The molecule has 5 saturated heterocycles. The monoisotopic (exact) mass is 1140 g/mol. The number of phenols is 1. The Balaban J connectivity index is 0.579. The zero-order valence-corrected chi connectivity index (χ0v) is 49.1. The molecule has 4 aromatic heterocycles. The lowest BCUT2D eigenvalue weighted by molar-refractivity contribution is -0.141. The maximum absolute atomic E-state index is 14.5. The van der Waals surface area contributed by atoms with E-state index in [9.17, 15) is 19.8 Å². The van der Waals surface area contributed by atoms with Gasteiger partial charge in [0.1, 0.15) is 29.6 Å². The number of H-pyrrole nitrogens is 1. The molecule has 0 radical (unpaired) electrons. The van der Waals surface area contributed by atoms with Crippen LogP contribution in [0.4, 0.5) is 23.0 Å². The molecule has 9 heterocycles. The van der Waals surface area contributed by atoms with Crippen LogP contribution >= 0.6 is 11.3 Å². The van der Waals surface area contributed by atoms with Gasteiger partial charge in [-0.25, -0.2) is 9.97 Å². The third-order valence-corrected chi connectivity index (χ3v) is 20.0. The van der Waals surface area contributed by atoms with Crippen LogP contribution in [-0.4, -0.2) is 146 Å². The van der Waals surface area contributed by atoms with E-state index in [4.69, 9.17) is 19.7 Å². The maximum atomic E-state index is 14.5. The molecule has 2 aromatic carbocycles. The number of nitrogens with one attached hydrogen (secondary N) is 2. The van der Waals surface area contributed by atoms with E-state index in [2.05, 4.69) is 77.1 Å². The predicted octanol–water partition coefficient (Wildman–Crippen LogP) is 9.31. The van der Waals surface area contributed by atoms with Crippen molar-refractivity contribution in [3.63, 3.8) is 0 Å². The zero-order valence-electron chi connectivity index (χ0n) is 48.2. The van der Waals surface area contributed by atoms with Crippen LogP contribution in [0.2, 0.25) is 0 Å². The van der Waals surface area contributed by atoms with Crippen LogP contribution in [0.25, 0.3) is 21.7 Å². The van der Waals surface area contributed by atoms with Crippen LogP contribution in [0.15, 0.2) is 89.0 Å². The quantitative estimate of drug-likeness (QED) is 0.0575.